The van der Waals surface area contributed by atoms with Crippen molar-refractivity contribution in [2.45, 2.75) is 45.3 Å². The van der Waals surface area contributed by atoms with Crippen LogP contribution < -0.4 is 5.48 Å². The van der Waals surface area contributed by atoms with Crippen LogP contribution in [0.25, 0.3) is 0 Å². The fraction of sp³-hybridized carbons (Fsp3) is 1.00. The molecule has 0 heterocycles. The molecule has 0 saturated heterocycles. The Morgan fingerprint density at radius 3 is 2.36 bits per heavy atom. The SMILES string of the molecule is CON[C@@H]1CC2C[C@@H](C2(C)C)[C@]1(C)O. The van der Waals surface area contributed by atoms with E-state index in [9.17, 15) is 5.11 Å². The highest BCUT2D eigenvalue weighted by Gasteiger charge is 2.62. The molecule has 1 unspecified atom stereocenters. The van der Waals surface area contributed by atoms with Gasteiger partial charge in [-0.15, -0.1) is 0 Å². The van der Waals surface area contributed by atoms with Gasteiger partial charge in [-0.2, -0.15) is 5.48 Å². The topological polar surface area (TPSA) is 41.5 Å². The molecule has 0 aromatic heterocycles. The van der Waals surface area contributed by atoms with Crippen LogP contribution >= 0.6 is 0 Å². The second kappa shape index (κ2) is 2.94. The van der Waals surface area contributed by atoms with Crippen LogP contribution in [0.3, 0.4) is 0 Å². The highest BCUT2D eigenvalue weighted by atomic mass is 16.6. The number of hydrogen-bond acceptors (Lipinski definition) is 3. The van der Waals surface area contributed by atoms with Crippen molar-refractivity contribution in [3.05, 3.63) is 0 Å². The summed E-state index contributed by atoms with van der Waals surface area (Å²) in [5, 5.41) is 10.5. The number of fused-ring (bicyclic) bond motifs is 2. The Hall–Kier alpha value is -0.120. The number of rotatable bonds is 2. The predicted molar refractivity (Wildman–Crippen MR) is 54.6 cm³/mol. The lowest BCUT2D eigenvalue weighted by molar-refractivity contribution is -0.225. The Kier molecular flexibility index (Phi) is 2.18. The van der Waals surface area contributed by atoms with E-state index in [4.69, 9.17) is 4.84 Å². The minimum Gasteiger partial charge on any atom is -0.388 e. The van der Waals surface area contributed by atoms with Crippen LogP contribution in [0.4, 0.5) is 0 Å². The molecule has 0 spiro atoms. The lowest BCUT2D eigenvalue weighted by Gasteiger charge is -2.65. The number of hydrogen-bond donors (Lipinski definition) is 2. The maximum Gasteiger partial charge on any atom is 0.0828 e. The monoisotopic (exact) mass is 199 g/mol. The number of nitrogens with one attached hydrogen (secondary N) is 1. The molecule has 0 amide bonds. The Balaban J connectivity index is 2.16. The molecule has 3 aliphatic rings. The van der Waals surface area contributed by atoms with Crippen molar-refractivity contribution in [3.63, 3.8) is 0 Å². The third kappa shape index (κ3) is 1.16. The Labute approximate surface area is 85.8 Å². The molecule has 4 atom stereocenters. The largest absolute Gasteiger partial charge is 0.388 e. The maximum absolute atomic E-state index is 10.5. The first-order valence-electron chi connectivity index (χ1n) is 5.41. The standard InChI is InChI=1S/C11H21NO2/c1-10(2)7-5-8(10)11(3,13)9(6-7)12-14-4/h7-9,12-13H,5-6H2,1-4H3/t7?,8-,9+,11-/m0/s1. The third-order valence-corrected chi connectivity index (χ3v) is 4.66. The van der Waals surface area contributed by atoms with Crippen LogP contribution in [-0.4, -0.2) is 23.9 Å². The molecule has 3 fully saturated rings. The highest BCUT2D eigenvalue weighted by molar-refractivity contribution is 5.13. The van der Waals surface area contributed by atoms with Crippen LogP contribution in [0.2, 0.25) is 0 Å². The summed E-state index contributed by atoms with van der Waals surface area (Å²) in [6, 6.07) is 0.0873. The van der Waals surface area contributed by atoms with Crippen molar-refractivity contribution < 1.29 is 9.94 Å². The Bertz CT molecular complexity index is 237. The maximum atomic E-state index is 10.5. The summed E-state index contributed by atoms with van der Waals surface area (Å²) in [5.74, 6) is 1.14. The summed E-state index contributed by atoms with van der Waals surface area (Å²) in [6.45, 7) is 6.47. The average molecular weight is 199 g/mol. The summed E-state index contributed by atoms with van der Waals surface area (Å²) in [6.07, 6.45) is 2.19. The summed E-state index contributed by atoms with van der Waals surface area (Å²) in [7, 11) is 1.61. The van der Waals surface area contributed by atoms with Gasteiger partial charge in [0, 0.05) is 0 Å². The lowest BCUT2D eigenvalue weighted by Crippen LogP contribution is -2.69. The van der Waals surface area contributed by atoms with Gasteiger partial charge in [0.15, 0.2) is 0 Å². The summed E-state index contributed by atoms with van der Waals surface area (Å²) in [5.41, 5.74) is 2.59. The molecule has 14 heavy (non-hydrogen) atoms. The second-order valence-corrected chi connectivity index (χ2v) is 5.64. The van der Waals surface area contributed by atoms with Crippen molar-refractivity contribution in [2.75, 3.05) is 7.11 Å². The smallest absolute Gasteiger partial charge is 0.0828 e. The molecule has 3 saturated carbocycles. The Morgan fingerprint density at radius 1 is 1.29 bits per heavy atom. The zero-order chi connectivity index (χ0) is 10.6. The first kappa shape index (κ1) is 10.4. The van der Waals surface area contributed by atoms with E-state index in [-0.39, 0.29) is 6.04 Å². The van der Waals surface area contributed by atoms with Crippen LogP contribution in [0.5, 0.6) is 0 Å². The molecular weight excluding hydrogens is 178 g/mol. The molecule has 2 N–H and O–H groups in total. The lowest BCUT2D eigenvalue weighted by atomic mass is 9.43. The van der Waals surface area contributed by atoms with E-state index in [2.05, 4.69) is 19.3 Å². The summed E-state index contributed by atoms with van der Waals surface area (Å²) in [4.78, 5) is 4.94. The van der Waals surface area contributed by atoms with Crippen LogP contribution in [0.1, 0.15) is 33.6 Å². The van der Waals surface area contributed by atoms with Gasteiger partial charge in [-0.3, -0.25) is 0 Å². The summed E-state index contributed by atoms with van der Waals surface area (Å²) < 4.78 is 0. The van der Waals surface area contributed by atoms with E-state index < -0.39 is 5.60 Å². The van der Waals surface area contributed by atoms with Crippen LogP contribution in [0, 0.1) is 17.3 Å². The van der Waals surface area contributed by atoms with Gasteiger partial charge in [-0.1, -0.05) is 13.8 Å². The fourth-order valence-electron chi connectivity index (χ4n) is 3.48. The predicted octanol–water partition coefficient (Wildman–Crippen LogP) is 1.32. The minimum atomic E-state index is -0.631. The summed E-state index contributed by atoms with van der Waals surface area (Å²) >= 11 is 0. The molecule has 3 heteroatoms. The second-order valence-electron chi connectivity index (χ2n) is 5.64. The minimum absolute atomic E-state index is 0.0873. The van der Waals surface area contributed by atoms with E-state index in [0.717, 1.165) is 12.3 Å². The first-order valence-corrected chi connectivity index (χ1v) is 5.41. The molecule has 0 radical (unpaired) electrons. The molecule has 2 bridgehead atoms. The molecule has 82 valence electrons. The van der Waals surface area contributed by atoms with Crippen LogP contribution in [0.15, 0.2) is 0 Å². The number of aliphatic hydroxyl groups is 1. The van der Waals surface area contributed by atoms with Crippen molar-refractivity contribution in [3.8, 4) is 0 Å². The van der Waals surface area contributed by atoms with Gasteiger partial charge in [-0.25, -0.2) is 0 Å². The van der Waals surface area contributed by atoms with E-state index in [0.29, 0.717) is 11.3 Å². The molecule has 3 aliphatic carbocycles. The molecule has 3 rings (SSSR count). The molecule has 0 aromatic rings. The van der Waals surface area contributed by atoms with E-state index in [1.54, 1.807) is 7.11 Å². The molecule has 0 aromatic carbocycles. The van der Waals surface area contributed by atoms with E-state index >= 15 is 0 Å². The van der Waals surface area contributed by atoms with Crippen molar-refractivity contribution in [2.24, 2.45) is 17.3 Å². The average Bonchev–Trinajstić information content (AvgIpc) is 2.07. The Morgan fingerprint density at radius 2 is 1.93 bits per heavy atom. The molecular formula is C11H21NO2. The van der Waals surface area contributed by atoms with Gasteiger partial charge in [0.1, 0.15) is 0 Å². The molecule has 3 nitrogen and oxygen atoms in total. The molecule has 0 aliphatic heterocycles. The van der Waals surface area contributed by atoms with Gasteiger partial charge in [0.25, 0.3) is 0 Å². The van der Waals surface area contributed by atoms with Crippen molar-refractivity contribution >= 4 is 0 Å². The number of hydroxylamine groups is 1. The third-order valence-electron chi connectivity index (χ3n) is 4.66. The van der Waals surface area contributed by atoms with Crippen molar-refractivity contribution in [1.29, 1.82) is 0 Å². The zero-order valence-electron chi connectivity index (χ0n) is 9.50. The van der Waals surface area contributed by atoms with E-state index in [1.807, 2.05) is 6.92 Å². The normalized spacial score (nSPS) is 49.9. The van der Waals surface area contributed by atoms with Gasteiger partial charge < -0.3 is 9.94 Å². The van der Waals surface area contributed by atoms with Gasteiger partial charge in [0.2, 0.25) is 0 Å². The van der Waals surface area contributed by atoms with Gasteiger partial charge >= 0.3 is 0 Å². The van der Waals surface area contributed by atoms with Crippen molar-refractivity contribution in [1.82, 2.24) is 5.48 Å². The quantitative estimate of drug-likeness (QED) is 0.659. The zero-order valence-corrected chi connectivity index (χ0v) is 9.50. The van der Waals surface area contributed by atoms with Gasteiger partial charge in [0.05, 0.1) is 18.8 Å². The first-order chi connectivity index (χ1) is 6.40. The van der Waals surface area contributed by atoms with Crippen LogP contribution in [-0.2, 0) is 4.84 Å². The van der Waals surface area contributed by atoms with Gasteiger partial charge in [-0.05, 0) is 37.0 Å². The highest BCUT2D eigenvalue weighted by Crippen LogP contribution is 2.62. The van der Waals surface area contributed by atoms with E-state index in [1.165, 1.54) is 6.42 Å². The fourth-order valence-corrected chi connectivity index (χ4v) is 3.48.